The second-order valence-electron chi connectivity index (χ2n) is 4.44. The van der Waals surface area contributed by atoms with Crippen molar-refractivity contribution in [3.8, 4) is 5.88 Å². The van der Waals surface area contributed by atoms with E-state index in [4.69, 9.17) is 0 Å². The number of aromatic nitrogens is 2. The zero-order chi connectivity index (χ0) is 14.3. The fraction of sp³-hybridized carbons (Fsp3) is 0.0714. The van der Waals surface area contributed by atoms with Crippen LogP contribution in [0.3, 0.4) is 0 Å². The van der Waals surface area contributed by atoms with Gasteiger partial charge in [0.05, 0.1) is 5.69 Å². The average Bonchev–Trinajstić information content (AvgIpc) is 2.69. The average molecular weight is 269 g/mol. The van der Waals surface area contributed by atoms with Crippen LogP contribution in [0.4, 0.5) is 5.69 Å². The summed E-state index contributed by atoms with van der Waals surface area (Å²) in [6, 6.07) is 7.51. The highest BCUT2D eigenvalue weighted by molar-refractivity contribution is 6.31. The number of aromatic hydroxyl groups is 1. The van der Waals surface area contributed by atoms with Crippen molar-refractivity contribution in [3.05, 3.63) is 56.2 Å². The van der Waals surface area contributed by atoms with Crippen LogP contribution >= 0.6 is 0 Å². The van der Waals surface area contributed by atoms with E-state index in [-0.39, 0.29) is 5.56 Å². The summed E-state index contributed by atoms with van der Waals surface area (Å²) in [5.74, 6) is -0.455. The van der Waals surface area contributed by atoms with Gasteiger partial charge in [-0.05, 0) is 19.1 Å². The Labute approximate surface area is 113 Å². The molecule has 6 nitrogen and oxygen atoms in total. The molecular weight excluding hydrogens is 258 g/mol. The Morgan fingerprint density at radius 1 is 1.20 bits per heavy atom. The van der Waals surface area contributed by atoms with Crippen LogP contribution in [0.25, 0.3) is 11.6 Å². The quantitative estimate of drug-likeness (QED) is 0.730. The lowest BCUT2D eigenvalue weighted by Gasteiger charge is -2.02. The van der Waals surface area contributed by atoms with Gasteiger partial charge in [-0.2, -0.15) is 0 Å². The number of aromatic amines is 2. The summed E-state index contributed by atoms with van der Waals surface area (Å²) < 4.78 is 0. The highest BCUT2D eigenvalue weighted by atomic mass is 16.3. The Morgan fingerprint density at radius 2 is 1.95 bits per heavy atom. The second-order valence-corrected chi connectivity index (χ2v) is 4.44. The molecule has 1 aliphatic heterocycles. The van der Waals surface area contributed by atoms with Gasteiger partial charge in [-0.25, -0.2) is 4.79 Å². The molecule has 0 aliphatic carbocycles. The molecule has 0 saturated heterocycles. The van der Waals surface area contributed by atoms with Crippen molar-refractivity contribution in [2.24, 2.45) is 4.99 Å². The Hall–Kier alpha value is -2.89. The minimum Gasteiger partial charge on any atom is -0.494 e. The fourth-order valence-corrected chi connectivity index (χ4v) is 2.18. The van der Waals surface area contributed by atoms with Gasteiger partial charge in [0.15, 0.2) is 0 Å². The van der Waals surface area contributed by atoms with E-state index < -0.39 is 17.1 Å². The van der Waals surface area contributed by atoms with Crippen LogP contribution in [-0.4, -0.2) is 20.8 Å². The molecule has 20 heavy (non-hydrogen) atoms. The van der Waals surface area contributed by atoms with Gasteiger partial charge in [0.2, 0.25) is 5.88 Å². The number of hydrogen-bond acceptors (Lipinski definition) is 4. The summed E-state index contributed by atoms with van der Waals surface area (Å²) in [6.07, 6.45) is 1.52. The van der Waals surface area contributed by atoms with Crippen molar-refractivity contribution in [3.63, 3.8) is 0 Å². The van der Waals surface area contributed by atoms with Crippen molar-refractivity contribution < 1.29 is 5.11 Å². The maximum absolute atomic E-state index is 11.7. The Kier molecular flexibility index (Phi) is 2.64. The molecule has 0 saturated carbocycles. The summed E-state index contributed by atoms with van der Waals surface area (Å²) in [5.41, 5.74) is 1.81. The summed E-state index contributed by atoms with van der Waals surface area (Å²) >= 11 is 0. The molecule has 3 N–H and O–H groups in total. The van der Waals surface area contributed by atoms with E-state index in [1.54, 1.807) is 0 Å². The Morgan fingerprint density at radius 3 is 2.70 bits per heavy atom. The number of nitrogens with one attached hydrogen (secondary N) is 2. The van der Waals surface area contributed by atoms with E-state index in [0.29, 0.717) is 0 Å². The summed E-state index contributed by atoms with van der Waals surface area (Å²) in [7, 11) is 0. The Balaban J connectivity index is 2.23. The van der Waals surface area contributed by atoms with E-state index in [1.165, 1.54) is 6.08 Å². The number of H-pyrrole nitrogens is 2. The molecule has 100 valence electrons. The number of nitrogens with zero attached hydrogens (tertiary/aromatic N) is 1. The largest absolute Gasteiger partial charge is 0.494 e. The number of rotatable bonds is 1. The maximum atomic E-state index is 11.7. The molecule has 0 amide bonds. The normalized spacial score (nSPS) is 15.2. The van der Waals surface area contributed by atoms with Crippen molar-refractivity contribution in [1.29, 1.82) is 0 Å². The predicted molar refractivity (Wildman–Crippen MR) is 76.4 cm³/mol. The third-order valence-electron chi connectivity index (χ3n) is 3.12. The monoisotopic (exact) mass is 269 g/mol. The van der Waals surface area contributed by atoms with Crippen LogP contribution in [0.15, 0.2) is 38.8 Å². The van der Waals surface area contributed by atoms with Crippen LogP contribution in [0.1, 0.15) is 18.1 Å². The van der Waals surface area contributed by atoms with E-state index in [0.717, 1.165) is 22.5 Å². The van der Waals surface area contributed by atoms with Gasteiger partial charge in [-0.15, -0.1) is 0 Å². The number of benzene rings is 1. The smallest absolute Gasteiger partial charge is 0.328 e. The highest BCUT2D eigenvalue weighted by Crippen LogP contribution is 2.35. The first kappa shape index (κ1) is 12.2. The zero-order valence-corrected chi connectivity index (χ0v) is 10.6. The molecule has 0 fully saturated rings. The van der Waals surface area contributed by atoms with Crippen LogP contribution in [-0.2, 0) is 0 Å². The van der Waals surface area contributed by atoms with Gasteiger partial charge in [0.1, 0.15) is 5.56 Å². The second kappa shape index (κ2) is 4.34. The molecule has 1 aromatic carbocycles. The van der Waals surface area contributed by atoms with Gasteiger partial charge < -0.3 is 5.11 Å². The predicted octanol–water partition coefficient (Wildman–Crippen LogP) is 1.42. The number of allylic oxidation sites excluding steroid dienone is 1. The highest BCUT2D eigenvalue weighted by Gasteiger charge is 2.18. The fourth-order valence-electron chi connectivity index (χ4n) is 2.18. The van der Waals surface area contributed by atoms with Gasteiger partial charge in [0, 0.05) is 16.8 Å². The first-order valence-corrected chi connectivity index (χ1v) is 5.98. The standard InChI is InChI=1S/C14H11N3O3/c1-7-9(8-4-2-3-5-11(8)15-7)6-10-12(18)16-14(20)17-13(10)19/h2-6H,1H3,(H3,16,17,18,19,20). The minimum absolute atomic E-state index is 0.00542. The first-order valence-electron chi connectivity index (χ1n) is 5.98. The third kappa shape index (κ3) is 1.87. The molecule has 3 rings (SSSR count). The molecule has 0 bridgehead atoms. The van der Waals surface area contributed by atoms with Gasteiger partial charge >= 0.3 is 5.69 Å². The molecular formula is C14H11N3O3. The zero-order valence-electron chi connectivity index (χ0n) is 10.6. The van der Waals surface area contributed by atoms with Crippen molar-refractivity contribution in [2.75, 3.05) is 0 Å². The molecule has 2 aromatic rings. The Bertz CT molecular complexity index is 872. The lowest BCUT2D eigenvalue weighted by Crippen LogP contribution is -2.23. The molecule has 1 aliphatic rings. The van der Waals surface area contributed by atoms with Crippen LogP contribution < -0.4 is 11.2 Å². The maximum Gasteiger partial charge on any atom is 0.328 e. The van der Waals surface area contributed by atoms with Crippen molar-refractivity contribution >= 4 is 23.0 Å². The third-order valence-corrected chi connectivity index (χ3v) is 3.12. The van der Waals surface area contributed by atoms with Gasteiger partial charge in [0.25, 0.3) is 5.56 Å². The van der Waals surface area contributed by atoms with Gasteiger partial charge in [-0.3, -0.25) is 19.8 Å². The molecule has 6 heteroatoms. The van der Waals surface area contributed by atoms with E-state index in [2.05, 4.69) is 15.0 Å². The molecule has 0 atom stereocenters. The lowest BCUT2D eigenvalue weighted by molar-refractivity contribution is 0.447. The minimum atomic E-state index is -0.744. The molecule has 0 radical (unpaired) electrons. The number of aliphatic imine (C=N–C) groups is 1. The number of hydrogen-bond donors (Lipinski definition) is 3. The lowest BCUT2D eigenvalue weighted by atomic mass is 10.0. The molecule has 2 heterocycles. The molecule has 0 unspecified atom stereocenters. The van der Waals surface area contributed by atoms with E-state index >= 15 is 0 Å². The van der Waals surface area contributed by atoms with Crippen molar-refractivity contribution in [1.82, 2.24) is 9.97 Å². The summed E-state index contributed by atoms with van der Waals surface area (Å²) in [6.45, 7) is 1.82. The van der Waals surface area contributed by atoms with Crippen molar-refractivity contribution in [2.45, 2.75) is 6.92 Å². The summed E-state index contributed by atoms with van der Waals surface area (Å²) in [5, 5.41) is 9.71. The van der Waals surface area contributed by atoms with Crippen LogP contribution in [0.2, 0.25) is 0 Å². The number of fused-ring (bicyclic) bond motifs is 1. The van der Waals surface area contributed by atoms with E-state index in [1.807, 2.05) is 31.2 Å². The topological polar surface area (TPSA) is 98.3 Å². The summed E-state index contributed by atoms with van der Waals surface area (Å²) in [4.78, 5) is 31.4. The first-order chi connectivity index (χ1) is 9.56. The SMILES string of the molecule is CC1=Nc2ccccc2C1=Cc1c(O)[nH]c(=O)[nH]c1=O. The van der Waals surface area contributed by atoms with Crippen LogP contribution in [0, 0.1) is 0 Å². The number of para-hydroxylation sites is 1. The van der Waals surface area contributed by atoms with E-state index in [9.17, 15) is 14.7 Å². The van der Waals surface area contributed by atoms with Crippen LogP contribution in [0.5, 0.6) is 5.88 Å². The molecule has 1 aromatic heterocycles. The van der Waals surface area contributed by atoms with Gasteiger partial charge in [-0.1, -0.05) is 18.2 Å². The molecule has 0 spiro atoms.